The Balaban J connectivity index is 2.22. The summed E-state index contributed by atoms with van der Waals surface area (Å²) in [5.74, 6) is 0.718. The number of aliphatic hydroxyl groups excluding tert-OH is 1. The molecule has 178 valence electrons. The van der Waals surface area contributed by atoms with E-state index in [2.05, 4.69) is 52.4 Å². The van der Waals surface area contributed by atoms with Gasteiger partial charge in [-0.05, 0) is 69.2 Å². The molecule has 0 aliphatic rings. The summed E-state index contributed by atoms with van der Waals surface area (Å²) in [6.45, 7) is 19.7. The highest BCUT2D eigenvalue weighted by molar-refractivity contribution is 6.84. The first-order chi connectivity index (χ1) is 14.3. The molecule has 0 radical (unpaired) electrons. The Bertz CT molecular complexity index is 648. The summed E-state index contributed by atoms with van der Waals surface area (Å²) in [5, 5.41) is 10.1. The third-order valence-corrected chi connectivity index (χ3v) is 22.5. The zero-order valence-electron chi connectivity index (χ0n) is 20.4. The topological polar surface area (TPSA) is 66.4 Å². The van der Waals surface area contributed by atoms with Gasteiger partial charge in [0.15, 0.2) is 16.6 Å². The molecule has 31 heavy (non-hydrogen) atoms. The van der Waals surface area contributed by atoms with Crippen LogP contribution in [-0.2, 0) is 17.1 Å². The second-order valence-electron chi connectivity index (χ2n) is 9.89. The molecule has 0 saturated carbocycles. The Kier molecular flexibility index (Phi) is 12.4. The molecule has 0 spiro atoms. The van der Waals surface area contributed by atoms with Crippen molar-refractivity contribution in [3.63, 3.8) is 0 Å². The van der Waals surface area contributed by atoms with E-state index in [1.807, 2.05) is 24.3 Å². The Morgan fingerprint density at radius 2 is 1.55 bits per heavy atom. The van der Waals surface area contributed by atoms with E-state index in [9.17, 15) is 5.11 Å². The Hall–Kier alpha value is -0.356. The SMILES string of the molecule is C=Cc1ccc(OCC(O)COC[Si](C)(C)O[SiH2]O[Si](C)(C)C[SiH2]O[Si](C)(C)C)cc1. The lowest BCUT2D eigenvalue weighted by Gasteiger charge is -2.29. The maximum absolute atomic E-state index is 10.1. The predicted molar refractivity (Wildman–Crippen MR) is 142 cm³/mol. The van der Waals surface area contributed by atoms with Crippen LogP contribution in [0.15, 0.2) is 30.8 Å². The van der Waals surface area contributed by atoms with Gasteiger partial charge < -0.3 is 26.9 Å². The number of hydrogen-bond donors (Lipinski definition) is 1. The van der Waals surface area contributed by atoms with Crippen molar-refractivity contribution in [1.29, 1.82) is 0 Å². The molecule has 1 atom stereocenters. The molecule has 0 aliphatic carbocycles. The van der Waals surface area contributed by atoms with Crippen molar-refractivity contribution in [1.82, 2.24) is 0 Å². The number of hydrogen-bond acceptors (Lipinski definition) is 6. The molecule has 6 nitrogen and oxygen atoms in total. The lowest BCUT2D eigenvalue weighted by Crippen LogP contribution is -2.43. The first kappa shape index (κ1) is 28.7. The first-order valence-corrected chi connectivity index (χ1v) is 23.2. The van der Waals surface area contributed by atoms with E-state index < -0.39 is 50.8 Å². The lowest BCUT2D eigenvalue weighted by molar-refractivity contribution is 0.0229. The highest BCUT2D eigenvalue weighted by Gasteiger charge is 2.28. The van der Waals surface area contributed by atoms with Gasteiger partial charge in [-0.1, -0.05) is 24.8 Å². The third kappa shape index (κ3) is 14.4. The van der Waals surface area contributed by atoms with E-state index in [1.54, 1.807) is 6.08 Å². The fraction of sp³-hybridized carbons (Fsp3) is 0.600. The molecule has 0 saturated heterocycles. The van der Waals surface area contributed by atoms with Gasteiger partial charge in [0.1, 0.15) is 28.2 Å². The van der Waals surface area contributed by atoms with Gasteiger partial charge >= 0.3 is 0 Å². The van der Waals surface area contributed by atoms with E-state index in [1.165, 1.54) is 0 Å². The molecule has 1 unspecified atom stereocenters. The van der Waals surface area contributed by atoms with Gasteiger partial charge in [0.25, 0.3) is 10.0 Å². The van der Waals surface area contributed by atoms with Crippen LogP contribution in [0, 0.1) is 0 Å². The van der Waals surface area contributed by atoms with Gasteiger partial charge in [-0.15, -0.1) is 0 Å². The minimum atomic E-state index is -1.97. The highest BCUT2D eigenvalue weighted by atomic mass is 28.4. The molecule has 0 aliphatic heterocycles. The van der Waals surface area contributed by atoms with Crippen molar-refractivity contribution in [2.24, 2.45) is 0 Å². The van der Waals surface area contributed by atoms with Crippen LogP contribution in [0.25, 0.3) is 6.08 Å². The second kappa shape index (κ2) is 13.4. The maximum Gasteiger partial charge on any atom is 0.283 e. The molecule has 1 N–H and O–H groups in total. The molecule has 11 heteroatoms. The van der Waals surface area contributed by atoms with Crippen LogP contribution in [0.4, 0.5) is 0 Å². The van der Waals surface area contributed by atoms with Crippen molar-refractivity contribution >= 4 is 50.8 Å². The fourth-order valence-electron chi connectivity index (χ4n) is 2.45. The van der Waals surface area contributed by atoms with E-state index in [-0.39, 0.29) is 13.2 Å². The summed E-state index contributed by atoms with van der Waals surface area (Å²) < 4.78 is 29.9. The molecule has 0 fully saturated rings. The monoisotopic (exact) mass is 518 g/mol. The van der Waals surface area contributed by atoms with Crippen molar-refractivity contribution < 1.29 is 26.9 Å². The van der Waals surface area contributed by atoms with Crippen molar-refractivity contribution in [2.45, 2.75) is 57.6 Å². The summed E-state index contributed by atoms with van der Waals surface area (Å²) in [6.07, 6.45) is 1.63. The van der Waals surface area contributed by atoms with Gasteiger partial charge in [0.05, 0.1) is 12.8 Å². The predicted octanol–water partition coefficient (Wildman–Crippen LogP) is 2.96. The van der Waals surface area contributed by atoms with Crippen molar-refractivity contribution in [3.05, 3.63) is 36.4 Å². The van der Waals surface area contributed by atoms with Crippen LogP contribution in [0.5, 0.6) is 5.75 Å². The Morgan fingerprint density at radius 1 is 0.935 bits per heavy atom. The highest BCUT2D eigenvalue weighted by Crippen LogP contribution is 2.14. The average molecular weight is 519 g/mol. The zero-order chi connectivity index (χ0) is 23.5. The number of rotatable bonds is 16. The van der Waals surface area contributed by atoms with Crippen LogP contribution in [0.2, 0.25) is 51.5 Å². The van der Waals surface area contributed by atoms with Crippen LogP contribution >= 0.6 is 0 Å². The van der Waals surface area contributed by atoms with Crippen LogP contribution < -0.4 is 4.74 Å². The molecule has 0 bridgehead atoms. The molecule has 1 aromatic rings. The smallest absolute Gasteiger partial charge is 0.283 e. The van der Waals surface area contributed by atoms with Crippen LogP contribution in [0.3, 0.4) is 0 Å². The molecule has 1 rings (SSSR count). The summed E-state index contributed by atoms with van der Waals surface area (Å²) in [5.41, 5.74) is 2.17. The Labute approximate surface area is 196 Å². The average Bonchev–Trinajstić information content (AvgIpc) is 2.65. The van der Waals surface area contributed by atoms with E-state index in [0.29, 0.717) is 6.23 Å². The summed E-state index contributed by atoms with van der Waals surface area (Å²) in [7, 11) is -6.59. The molecule has 0 heterocycles. The summed E-state index contributed by atoms with van der Waals surface area (Å²) in [6, 6.07) is 7.58. The quantitative estimate of drug-likeness (QED) is 0.339. The van der Waals surface area contributed by atoms with E-state index in [4.69, 9.17) is 21.8 Å². The molecular weight excluding hydrogens is 477 g/mol. The molecule has 0 aromatic heterocycles. The van der Waals surface area contributed by atoms with Crippen LogP contribution in [-0.4, -0.2) is 75.4 Å². The van der Waals surface area contributed by atoms with E-state index in [0.717, 1.165) is 17.0 Å². The number of aliphatic hydroxyl groups is 1. The minimum Gasteiger partial charge on any atom is -0.491 e. The molecule has 1 aromatic carbocycles. The first-order valence-electron chi connectivity index (χ1n) is 10.8. The maximum atomic E-state index is 10.1. The van der Waals surface area contributed by atoms with Crippen molar-refractivity contribution in [2.75, 3.05) is 19.4 Å². The standard InChI is InChI=1S/C20H42O6Si5/c1-9-18-10-12-20(13-11-18)23-15-19(21)14-22-16-30(5,6)25-28-26-31(7,8)17-27-24-29(2,3)4/h9-13,19,21H,1,14-17,27-28H2,2-8H3. The van der Waals surface area contributed by atoms with Gasteiger partial charge in [-0.2, -0.15) is 0 Å². The van der Waals surface area contributed by atoms with E-state index >= 15 is 0 Å². The largest absolute Gasteiger partial charge is 0.491 e. The van der Waals surface area contributed by atoms with Gasteiger partial charge in [-0.3, -0.25) is 0 Å². The normalized spacial score (nSPS) is 14.6. The number of benzene rings is 1. The zero-order valence-corrected chi connectivity index (χ0v) is 26.2. The minimum absolute atomic E-state index is 0.192. The van der Waals surface area contributed by atoms with Gasteiger partial charge in [-0.25, -0.2) is 0 Å². The number of ether oxygens (including phenoxy) is 2. The second-order valence-corrected chi connectivity index (χ2v) is 27.6. The fourth-order valence-corrected chi connectivity index (χ4v) is 14.3. The summed E-state index contributed by atoms with van der Waals surface area (Å²) in [4.78, 5) is 0. The van der Waals surface area contributed by atoms with Crippen LogP contribution in [0.1, 0.15) is 5.56 Å². The third-order valence-electron chi connectivity index (χ3n) is 4.46. The Morgan fingerprint density at radius 3 is 2.13 bits per heavy atom. The molecular formula is C20H42O6Si5. The van der Waals surface area contributed by atoms with Crippen molar-refractivity contribution in [3.8, 4) is 5.75 Å². The lowest BCUT2D eigenvalue weighted by atomic mass is 10.2. The molecule has 0 amide bonds. The van der Waals surface area contributed by atoms with Gasteiger partial charge in [0.2, 0.25) is 8.32 Å². The van der Waals surface area contributed by atoms with Gasteiger partial charge in [0, 0.05) is 0 Å². The summed E-state index contributed by atoms with van der Waals surface area (Å²) >= 11 is 0.